The van der Waals surface area contributed by atoms with Gasteiger partial charge in [-0.05, 0) is 48.9 Å². The third-order valence-corrected chi connectivity index (χ3v) is 4.09. The maximum atomic E-state index is 13.7. The fraction of sp³-hybridized carbons (Fsp3) is 0.294. The number of benzene rings is 2. The van der Waals surface area contributed by atoms with Gasteiger partial charge in [0.1, 0.15) is 17.5 Å². The van der Waals surface area contributed by atoms with E-state index in [-0.39, 0.29) is 29.0 Å². The molecule has 1 fully saturated rings. The average Bonchev–Trinajstić information content (AvgIpc) is 2.40. The molecule has 0 spiro atoms. The van der Waals surface area contributed by atoms with E-state index in [1.807, 2.05) is 6.07 Å². The van der Waals surface area contributed by atoms with Crippen molar-refractivity contribution in [2.75, 3.05) is 5.32 Å². The standard InChI is InChI=1S/C17H16F3N/c1-10-6-16(20)17(9-15(10)19)21-12-7-11(8-12)13-4-2-3-5-14(13)18/h2-6,9,11-12,21H,7-8H2,1H3. The molecule has 4 heteroatoms. The predicted molar refractivity (Wildman–Crippen MR) is 76.9 cm³/mol. The van der Waals surface area contributed by atoms with Crippen molar-refractivity contribution < 1.29 is 13.2 Å². The van der Waals surface area contributed by atoms with Crippen LogP contribution >= 0.6 is 0 Å². The van der Waals surface area contributed by atoms with Crippen molar-refractivity contribution in [2.24, 2.45) is 0 Å². The highest BCUT2D eigenvalue weighted by Crippen LogP contribution is 2.39. The summed E-state index contributed by atoms with van der Waals surface area (Å²) < 4.78 is 40.9. The second-order valence-corrected chi connectivity index (χ2v) is 5.61. The Bertz CT molecular complexity index is 663. The molecule has 2 aromatic rings. The van der Waals surface area contributed by atoms with Crippen molar-refractivity contribution in [1.82, 2.24) is 0 Å². The molecule has 110 valence electrons. The van der Waals surface area contributed by atoms with E-state index in [4.69, 9.17) is 0 Å². The summed E-state index contributed by atoms with van der Waals surface area (Å²) in [6.45, 7) is 1.53. The molecule has 1 nitrogen and oxygen atoms in total. The minimum absolute atomic E-state index is 0.0474. The Morgan fingerprint density at radius 3 is 2.38 bits per heavy atom. The van der Waals surface area contributed by atoms with E-state index in [0.717, 1.165) is 12.8 Å². The molecule has 0 aromatic heterocycles. The highest BCUT2D eigenvalue weighted by molar-refractivity contribution is 5.48. The van der Waals surface area contributed by atoms with Gasteiger partial charge < -0.3 is 5.32 Å². The maximum Gasteiger partial charge on any atom is 0.146 e. The van der Waals surface area contributed by atoms with Gasteiger partial charge in [-0.1, -0.05) is 18.2 Å². The number of hydrogen-bond acceptors (Lipinski definition) is 1. The number of anilines is 1. The van der Waals surface area contributed by atoms with E-state index in [1.165, 1.54) is 25.1 Å². The molecule has 3 rings (SSSR count). The van der Waals surface area contributed by atoms with Gasteiger partial charge in [0.05, 0.1) is 5.69 Å². The molecule has 1 aliphatic carbocycles. The monoisotopic (exact) mass is 291 g/mol. The maximum absolute atomic E-state index is 13.7. The second kappa shape index (κ2) is 5.43. The van der Waals surface area contributed by atoms with Crippen LogP contribution < -0.4 is 5.32 Å². The normalized spacial score (nSPS) is 21.0. The van der Waals surface area contributed by atoms with E-state index in [2.05, 4.69) is 5.32 Å². The molecule has 1 N–H and O–H groups in total. The van der Waals surface area contributed by atoms with Gasteiger partial charge in [-0.15, -0.1) is 0 Å². The first kappa shape index (κ1) is 14.0. The predicted octanol–water partition coefficient (Wildman–Crippen LogP) is 4.77. The lowest BCUT2D eigenvalue weighted by Gasteiger charge is -2.37. The molecule has 2 aromatic carbocycles. The molecule has 0 heterocycles. The van der Waals surface area contributed by atoms with E-state index < -0.39 is 11.6 Å². The van der Waals surface area contributed by atoms with Crippen LogP contribution in [0.3, 0.4) is 0 Å². The van der Waals surface area contributed by atoms with Crippen LogP contribution in [0.4, 0.5) is 18.9 Å². The van der Waals surface area contributed by atoms with E-state index in [1.54, 1.807) is 12.1 Å². The molecule has 0 radical (unpaired) electrons. The fourth-order valence-corrected chi connectivity index (χ4v) is 2.77. The lowest BCUT2D eigenvalue weighted by atomic mass is 9.75. The molecule has 0 saturated heterocycles. The van der Waals surface area contributed by atoms with Crippen molar-refractivity contribution in [3.63, 3.8) is 0 Å². The third-order valence-electron chi connectivity index (χ3n) is 4.09. The third kappa shape index (κ3) is 2.75. The van der Waals surface area contributed by atoms with Gasteiger partial charge in [-0.3, -0.25) is 0 Å². The molecular weight excluding hydrogens is 275 g/mol. The molecule has 1 aliphatic rings. The van der Waals surface area contributed by atoms with Crippen LogP contribution in [0.25, 0.3) is 0 Å². The van der Waals surface area contributed by atoms with Crippen molar-refractivity contribution in [3.05, 3.63) is 65.0 Å². The van der Waals surface area contributed by atoms with Gasteiger partial charge in [0, 0.05) is 12.1 Å². The smallest absolute Gasteiger partial charge is 0.146 e. The SMILES string of the molecule is Cc1cc(F)c(NC2CC(c3ccccc3F)C2)cc1F. The molecule has 21 heavy (non-hydrogen) atoms. The molecule has 0 atom stereocenters. The summed E-state index contributed by atoms with van der Waals surface area (Å²) in [7, 11) is 0. The number of nitrogens with one attached hydrogen (secondary N) is 1. The Morgan fingerprint density at radius 1 is 0.952 bits per heavy atom. The molecule has 0 unspecified atom stereocenters. The van der Waals surface area contributed by atoms with E-state index in [9.17, 15) is 13.2 Å². The molecule has 0 bridgehead atoms. The summed E-state index contributed by atoms with van der Waals surface area (Å²) in [5.41, 5.74) is 1.16. The Morgan fingerprint density at radius 2 is 1.67 bits per heavy atom. The lowest BCUT2D eigenvalue weighted by Crippen LogP contribution is -2.34. The van der Waals surface area contributed by atoms with E-state index >= 15 is 0 Å². The summed E-state index contributed by atoms with van der Waals surface area (Å²) in [4.78, 5) is 0. The zero-order valence-corrected chi connectivity index (χ0v) is 11.7. The van der Waals surface area contributed by atoms with Crippen LogP contribution in [0.15, 0.2) is 36.4 Å². The van der Waals surface area contributed by atoms with Gasteiger partial charge in [0.25, 0.3) is 0 Å². The summed E-state index contributed by atoms with van der Waals surface area (Å²) in [5, 5.41) is 3.00. The number of aryl methyl sites for hydroxylation is 1. The van der Waals surface area contributed by atoms with Crippen LogP contribution in [0.2, 0.25) is 0 Å². The largest absolute Gasteiger partial charge is 0.380 e. The van der Waals surface area contributed by atoms with Crippen LogP contribution in [0.5, 0.6) is 0 Å². The fourth-order valence-electron chi connectivity index (χ4n) is 2.77. The quantitative estimate of drug-likeness (QED) is 0.859. The highest BCUT2D eigenvalue weighted by Gasteiger charge is 2.32. The number of hydrogen-bond donors (Lipinski definition) is 1. The van der Waals surface area contributed by atoms with Crippen LogP contribution in [-0.2, 0) is 0 Å². The van der Waals surface area contributed by atoms with E-state index in [0.29, 0.717) is 5.56 Å². The lowest BCUT2D eigenvalue weighted by molar-refractivity contribution is 0.362. The van der Waals surface area contributed by atoms with Crippen molar-refractivity contribution in [3.8, 4) is 0 Å². The topological polar surface area (TPSA) is 12.0 Å². The van der Waals surface area contributed by atoms with Gasteiger partial charge in [-0.25, -0.2) is 13.2 Å². The van der Waals surface area contributed by atoms with Gasteiger partial charge in [-0.2, -0.15) is 0 Å². The Hall–Kier alpha value is -1.97. The Labute approximate surface area is 121 Å². The zero-order valence-electron chi connectivity index (χ0n) is 11.7. The highest BCUT2D eigenvalue weighted by atomic mass is 19.1. The minimum Gasteiger partial charge on any atom is -0.380 e. The van der Waals surface area contributed by atoms with Gasteiger partial charge in [0.2, 0.25) is 0 Å². The first-order valence-corrected chi connectivity index (χ1v) is 7.01. The van der Waals surface area contributed by atoms with Crippen molar-refractivity contribution in [2.45, 2.75) is 31.7 Å². The van der Waals surface area contributed by atoms with Gasteiger partial charge >= 0.3 is 0 Å². The second-order valence-electron chi connectivity index (χ2n) is 5.61. The average molecular weight is 291 g/mol. The summed E-state index contributed by atoms with van der Waals surface area (Å²) in [5.74, 6) is -0.942. The summed E-state index contributed by atoms with van der Waals surface area (Å²) in [6, 6.07) is 9.12. The Kier molecular flexibility index (Phi) is 3.62. The Balaban J connectivity index is 1.65. The first-order valence-electron chi connectivity index (χ1n) is 7.01. The van der Waals surface area contributed by atoms with Crippen LogP contribution in [0.1, 0.15) is 29.9 Å². The summed E-state index contributed by atoms with van der Waals surface area (Å²) in [6.07, 6.45) is 1.44. The zero-order chi connectivity index (χ0) is 15.0. The van der Waals surface area contributed by atoms with Crippen molar-refractivity contribution >= 4 is 5.69 Å². The minimum atomic E-state index is -0.455. The molecule has 1 saturated carbocycles. The molecular formula is C17H16F3N. The van der Waals surface area contributed by atoms with Crippen LogP contribution in [-0.4, -0.2) is 6.04 Å². The van der Waals surface area contributed by atoms with Gasteiger partial charge in [0.15, 0.2) is 0 Å². The molecule has 0 aliphatic heterocycles. The van der Waals surface area contributed by atoms with Crippen molar-refractivity contribution in [1.29, 1.82) is 0 Å². The molecule has 0 amide bonds. The number of rotatable bonds is 3. The van der Waals surface area contributed by atoms with Crippen LogP contribution in [0, 0.1) is 24.4 Å². The summed E-state index contributed by atoms with van der Waals surface area (Å²) >= 11 is 0. The number of halogens is 3. The first-order chi connectivity index (χ1) is 10.0.